The molecule has 7 heteroatoms. The van der Waals surface area contributed by atoms with Crippen LogP contribution in [-0.4, -0.2) is 32.5 Å². The van der Waals surface area contributed by atoms with Crippen LogP contribution in [-0.2, 0) is 24.2 Å². The van der Waals surface area contributed by atoms with E-state index in [2.05, 4.69) is 6.92 Å². The molecule has 1 aromatic carbocycles. The Morgan fingerprint density at radius 1 is 1.03 bits per heavy atom. The molecule has 3 aromatic rings. The number of hydrogen-bond donors (Lipinski definition) is 0. The molecule has 186 valence electrons. The number of carbonyl (C=O) groups excluding carboxylic acids is 1. The lowest BCUT2D eigenvalue weighted by atomic mass is 10.00. The SMILES string of the molecule is CC[C@H]1CCCCN1C(=O)Cn1c(=O)n(-c2ccc(C)c(C)c2)c(=O)c2c3c(sc21)CCCCC3. The number of rotatable bonds is 4. The fourth-order valence-corrected chi connectivity index (χ4v) is 7.13. The van der Waals surface area contributed by atoms with Crippen molar-refractivity contribution < 1.29 is 4.79 Å². The molecule has 1 saturated heterocycles. The van der Waals surface area contributed by atoms with Gasteiger partial charge in [-0.2, -0.15) is 0 Å². The van der Waals surface area contributed by atoms with Crippen LogP contribution in [0.25, 0.3) is 15.9 Å². The van der Waals surface area contributed by atoms with E-state index in [1.54, 1.807) is 15.9 Å². The highest BCUT2D eigenvalue weighted by molar-refractivity contribution is 7.18. The fraction of sp³-hybridized carbons (Fsp3) is 0.536. The monoisotopic (exact) mass is 493 g/mol. The third-order valence-corrected chi connectivity index (χ3v) is 9.26. The van der Waals surface area contributed by atoms with E-state index < -0.39 is 5.69 Å². The molecule has 6 nitrogen and oxygen atoms in total. The summed E-state index contributed by atoms with van der Waals surface area (Å²) in [5.41, 5.74) is 3.14. The highest BCUT2D eigenvalue weighted by Gasteiger charge is 2.29. The Labute approximate surface area is 210 Å². The number of likely N-dealkylation sites (tertiary alicyclic amines) is 1. The molecule has 5 rings (SSSR count). The van der Waals surface area contributed by atoms with Crippen molar-refractivity contribution in [3.05, 3.63) is 60.6 Å². The Bertz CT molecular complexity index is 1400. The van der Waals surface area contributed by atoms with Crippen LogP contribution in [0, 0.1) is 13.8 Å². The number of thiophene rings is 1. The number of piperidine rings is 1. The number of fused-ring (bicyclic) bond motifs is 3. The van der Waals surface area contributed by atoms with Crippen molar-refractivity contribution in [3.63, 3.8) is 0 Å². The first-order valence-corrected chi connectivity index (χ1v) is 13.9. The first-order chi connectivity index (χ1) is 16.9. The molecular formula is C28H35N3O3S. The number of benzene rings is 1. The van der Waals surface area contributed by atoms with Crippen LogP contribution in [0.5, 0.6) is 0 Å². The van der Waals surface area contributed by atoms with E-state index in [1.807, 2.05) is 36.9 Å². The quantitative estimate of drug-likeness (QED) is 0.486. The molecular weight excluding hydrogens is 458 g/mol. The largest absolute Gasteiger partial charge is 0.338 e. The van der Waals surface area contributed by atoms with Crippen molar-refractivity contribution >= 4 is 27.5 Å². The normalized spacial score (nSPS) is 18.5. The van der Waals surface area contributed by atoms with Crippen LogP contribution in [0.15, 0.2) is 27.8 Å². The molecule has 0 bridgehead atoms. The van der Waals surface area contributed by atoms with Gasteiger partial charge in [0.15, 0.2) is 0 Å². The van der Waals surface area contributed by atoms with E-state index in [4.69, 9.17) is 0 Å². The maximum absolute atomic E-state index is 13.9. The summed E-state index contributed by atoms with van der Waals surface area (Å²) in [6, 6.07) is 5.92. The van der Waals surface area contributed by atoms with E-state index in [0.29, 0.717) is 15.9 Å². The third-order valence-electron chi connectivity index (χ3n) is 7.95. The lowest BCUT2D eigenvalue weighted by molar-refractivity contribution is -0.135. The van der Waals surface area contributed by atoms with Crippen molar-refractivity contribution in [2.45, 2.75) is 91.1 Å². The molecule has 1 fully saturated rings. The van der Waals surface area contributed by atoms with Crippen LogP contribution in [0.4, 0.5) is 0 Å². The zero-order valence-corrected chi connectivity index (χ0v) is 21.9. The van der Waals surface area contributed by atoms with Crippen LogP contribution in [0.3, 0.4) is 0 Å². The highest BCUT2D eigenvalue weighted by Crippen LogP contribution is 2.34. The van der Waals surface area contributed by atoms with Gasteiger partial charge in [0.25, 0.3) is 5.56 Å². The van der Waals surface area contributed by atoms with Crippen molar-refractivity contribution in [2.24, 2.45) is 0 Å². The Hall–Kier alpha value is -2.67. The van der Waals surface area contributed by atoms with Gasteiger partial charge in [-0.3, -0.25) is 14.2 Å². The molecule has 0 spiro atoms. The van der Waals surface area contributed by atoms with Crippen molar-refractivity contribution in [1.82, 2.24) is 14.0 Å². The van der Waals surface area contributed by atoms with Crippen LogP contribution >= 0.6 is 11.3 Å². The van der Waals surface area contributed by atoms with Gasteiger partial charge < -0.3 is 4.90 Å². The number of carbonyl (C=O) groups is 1. The zero-order valence-electron chi connectivity index (χ0n) is 21.1. The van der Waals surface area contributed by atoms with Gasteiger partial charge in [-0.15, -0.1) is 11.3 Å². The molecule has 1 amide bonds. The summed E-state index contributed by atoms with van der Waals surface area (Å²) < 4.78 is 2.89. The van der Waals surface area contributed by atoms with E-state index in [1.165, 1.54) is 9.44 Å². The summed E-state index contributed by atoms with van der Waals surface area (Å²) >= 11 is 1.55. The number of aromatic nitrogens is 2. The van der Waals surface area contributed by atoms with Crippen LogP contribution in [0.2, 0.25) is 0 Å². The van der Waals surface area contributed by atoms with Crippen LogP contribution in [0.1, 0.15) is 73.4 Å². The molecule has 1 aliphatic heterocycles. The van der Waals surface area contributed by atoms with E-state index >= 15 is 0 Å². The Morgan fingerprint density at radius 3 is 2.60 bits per heavy atom. The van der Waals surface area contributed by atoms with Gasteiger partial charge in [0, 0.05) is 17.5 Å². The summed E-state index contributed by atoms with van der Waals surface area (Å²) in [6.07, 6.45) is 9.17. The molecule has 1 aliphatic carbocycles. The van der Waals surface area contributed by atoms with Crippen molar-refractivity contribution in [1.29, 1.82) is 0 Å². The maximum Gasteiger partial charge on any atom is 0.337 e. The summed E-state index contributed by atoms with van der Waals surface area (Å²) in [7, 11) is 0. The highest BCUT2D eigenvalue weighted by atomic mass is 32.1. The summed E-state index contributed by atoms with van der Waals surface area (Å²) in [6.45, 7) is 6.85. The van der Waals surface area contributed by atoms with E-state index in [0.717, 1.165) is 81.0 Å². The third kappa shape index (κ3) is 4.28. The lowest BCUT2D eigenvalue weighted by Gasteiger charge is -2.35. The Balaban J connectivity index is 1.71. The molecule has 0 saturated carbocycles. The minimum Gasteiger partial charge on any atom is -0.338 e. The standard InChI is InChI=1S/C28H35N3O3S/c1-4-20-10-8-9-15-29(20)24(32)17-30-27-25(22-11-6-5-7-12-23(22)35-27)26(33)31(28(30)34)21-14-13-18(2)19(3)16-21/h13-14,16,20H,4-12,15,17H2,1-3H3/t20-/m0/s1. The topological polar surface area (TPSA) is 64.3 Å². The zero-order chi connectivity index (χ0) is 24.7. The molecule has 0 N–H and O–H groups in total. The summed E-state index contributed by atoms with van der Waals surface area (Å²) in [4.78, 5) is 45.2. The van der Waals surface area contributed by atoms with Gasteiger partial charge in [-0.05, 0) is 94.0 Å². The summed E-state index contributed by atoms with van der Waals surface area (Å²) in [5.74, 6) is -0.0196. The smallest absolute Gasteiger partial charge is 0.337 e. The maximum atomic E-state index is 13.9. The van der Waals surface area contributed by atoms with Crippen molar-refractivity contribution in [2.75, 3.05) is 6.54 Å². The number of nitrogens with zero attached hydrogens (tertiary/aromatic N) is 3. The van der Waals surface area contributed by atoms with Gasteiger partial charge >= 0.3 is 5.69 Å². The van der Waals surface area contributed by atoms with Gasteiger partial charge in [0.2, 0.25) is 5.91 Å². The molecule has 0 unspecified atom stereocenters. The van der Waals surface area contributed by atoms with Crippen LogP contribution < -0.4 is 11.2 Å². The van der Waals surface area contributed by atoms with Gasteiger partial charge in [0.05, 0.1) is 11.1 Å². The molecule has 35 heavy (non-hydrogen) atoms. The fourth-order valence-electron chi connectivity index (χ4n) is 5.76. The van der Waals surface area contributed by atoms with Gasteiger partial charge in [0.1, 0.15) is 11.4 Å². The Morgan fingerprint density at radius 2 is 1.83 bits per heavy atom. The lowest BCUT2D eigenvalue weighted by Crippen LogP contribution is -2.47. The molecule has 3 heterocycles. The van der Waals surface area contributed by atoms with Gasteiger partial charge in [-0.1, -0.05) is 19.4 Å². The minimum absolute atomic E-state index is 0.0175. The molecule has 2 aromatic heterocycles. The predicted molar refractivity (Wildman–Crippen MR) is 142 cm³/mol. The molecule has 1 atom stereocenters. The second-order valence-corrected chi connectivity index (χ2v) is 11.3. The van der Waals surface area contributed by atoms with E-state index in [-0.39, 0.29) is 24.1 Å². The average Bonchev–Trinajstić information content (AvgIpc) is 3.06. The predicted octanol–water partition coefficient (Wildman–Crippen LogP) is 4.89. The Kier molecular flexibility index (Phi) is 6.71. The summed E-state index contributed by atoms with van der Waals surface area (Å²) in [5, 5.41) is 0.642. The average molecular weight is 494 g/mol. The molecule has 0 radical (unpaired) electrons. The van der Waals surface area contributed by atoms with Gasteiger partial charge in [-0.25, -0.2) is 9.36 Å². The number of hydrogen-bond acceptors (Lipinski definition) is 4. The van der Waals surface area contributed by atoms with E-state index in [9.17, 15) is 14.4 Å². The minimum atomic E-state index is -0.416. The first kappa shape index (κ1) is 24.0. The second-order valence-electron chi connectivity index (χ2n) is 10.2. The number of aryl methyl sites for hydroxylation is 4. The number of amides is 1. The first-order valence-electron chi connectivity index (χ1n) is 13.1. The van der Waals surface area contributed by atoms with Crippen molar-refractivity contribution in [3.8, 4) is 5.69 Å². The molecule has 2 aliphatic rings. The second kappa shape index (κ2) is 9.76.